The minimum absolute atomic E-state index is 0.0494. The Morgan fingerprint density at radius 2 is 1.19 bits per heavy atom. The van der Waals surface area contributed by atoms with Gasteiger partial charge in [-0.05, 0) is 64.4 Å². The number of Topliss-reactive ketones (excluding diaryl/α,β-unsaturated/α-hetero) is 2. The summed E-state index contributed by atoms with van der Waals surface area (Å²) in [6.45, 7) is 16.1. The summed E-state index contributed by atoms with van der Waals surface area (Å²) in [5.74, 6) is 1.50. The maximum Gasteiger partial charge on any atom is 0.193 e. The Morgan fingerprint density at radius 1 is 0.719 bits per heavy atom. The largest absolute Gasteiger partial charge is 0.289 e. The van der Waals surface area contributed by atoms with E-state index in [0.29, 0.717) is 17.1 Å². The van der Waals surface area contributed by atoms with E-state index in [2.05, 4.69) is 27.7 Å². The van der Waals surface area contributed by atoms with Gasteiger partial charge in [0.25, 0.3) is 0 Å². The topological polar surface area (TPSA) is 51.2 Å². The van der Waals surface area contributed by atoms with Crippen molar-refractivity contribution >= 4 is 17.3 Å². The Bertz CT molecular complexity index is 776. The van der Waals surface area contributed by atoms with Crippen molar-refractivity contribution in [1.29, 1.82) is 0 Å². The molecule has 0 saturated carbocycles. The number of carbonyl (C=O) groups excluding carboxylic acids is 3. The molecular weight excluding hydrogens is 396 g/mol. The number of rotatable bonds is 14. The molecule has 3 nitrogen and oxygen atoms in total. The molecule has 0 heterocycles. The second-order valence-electron chi connectivity index (χ2n) is 10.6. The molecule has 0 amide bonds. The quantitative estimate of drug-likeness (QED) is 0.157. The summed E-state index contributed by atoms with van der Waals surface area (Å²) in [6.07, 6.45) is 12.5. The number of ketones is 3. The van der Waals surface area contributed by atoms with Crippen LogP contribution in [0.4, 0.5) is 0 Å². The zero-order chi connectivity index (χ0) is 24.4. The molecule has 0 aromatic rings. The van der Waals surface area contributed by atoms with Gasteiger partial charge in [0.1, 0.15) is 0 Å². The maximum absolute atomic E-state index is 12.7. The fourth-order valence-electron chi connectivity index (χ4n) is 4.47. The first-order valence-corrected chi connectivity index (χ1v) is 12.6. The van der Waals surface area contributed by atoms with Crippen LogP contribution in [0.15, 0.2) is 33.9 Å². The van der Waals surface area contributed by atoms with E-state index in [4.69, 9.17) is 0 Å². The summed E-state index contributed by atoms with van der Waals surface area (Å²) in [5, 5.41) is 0. The molecule has 0 N–H and O–H groups in total. The second kappa shape index (κ2) is 13.7. The van der Waals surface area contributed by atoms with Gasteiger partial charge in [-0.15, -0.1) is 0 Å². The van der Waals surface area contributed by atoms with Crippen LogP contribution in [0.5, 0.6) is 0 Å². The summed E-state index contributed by atoms with van der Waals surface area (Å²) < 4.78 is 0. The molecule has 0 aromatic heterocycles. The fraction of sp³-hybridized carbons (Fsp3) is 0.690. The normalized spacial score (nSPS) is 17.5. The summed E-state index contributed by atoms with van der Waals surface area (Å²) in [5.41, 5.74) is 2.14. The molecule has 3 heteroatoms. The van der Waals surface area contributed by atoms with E-state index in [-0.39, 0.29) is 28.5 Å². The molecule has 0 spiro atoms. The lowest BCUT2D eigenvalue weighted by molar-refractivity contribution is -0.120. The average Bonchev–Trinajstić information content (AvgIpc) is 2.70. The van der Waals surface area contributed by atoms with Crippen LogP contribution in [0.2, 0.25) is 0 Å². The lowest BCUT2D eigenvalue weighted by Gasteiger charge is -2.17. The van der Waals surface area contributed by atoms with Crippen LogP contribution in [-0.4, -0.2) is 17.3 Å². The summed E-state index contributed by atoms with van der Waals surface area (Å²) in [7, 11) is 0. The average molecular weight is 443 g/mol. The van der Waals surface area contributed by atoms with Gasteiger partial charge in [0, 0.05) is 16.7 Å². The SMILES string of the molecule is CC(=CC(=O)C1=C(C)C(=O)C(C)=C(C)C1=O)CCCC(C)CCCC(C)CCCC(C)C. The second-order valence-corrected chi connectivity index (χ2v) is 10.6. The van der Waals surface area contributed by atoms with Gasteiger partial charge in [0.15, 0.2) is 17.3 Å². The Kier molecular flexibility index (Phi) is 12.1. The van der Waals surface area contributed by atoms with E-state index in [9.17, 15) is 14.4 Å². The first-order valence-electron chi connectivity index (χ1n) is 12.6. The van der Waals surface area contributed by atoms with Gasteiger partial charge in [-0.3, -0.25) is 14.4 Å². The lowest BCUT2D eigenvalue weighted by atomic mass is 9.83. The zero-order valence-corrected chi connectivity index (χ0v) is 21.9. The highest BCUT2D eigenvalue weighted by Gasteiger charge is 2.31. The van der Waals surface area contributed by atoms with Crippen molar-refractivity contribution < 1.29 is 14.4 Å². The maximum atomic E-state index is 12.7. The van der Waals surface area contributed by atoms with Gasteiger partial charge in [-0.1, -0.05) is 78.2 Å². The van der Waals surface area contributed by atoms with Crippen LogP contribution in [0.1, 0.15) is 113 Å². The van der Waals surface area contributed by atoms with Crippen molar-refractivity contribution in [2.75, 3.05) is 0 Å². The highest BCUT2D eigenvalue weighted by atomic mass is 16.2. The van der Waals surface area contributed by atoms with Crippen LogP contribution in [0.25, 0.3) is 0 Å². The predicted octanol–water partition coefficient (Wildman–Crippen LogP) is 7.75. The van der Waals surface area contributed by atoms with Crippen molar-refractivity contribution in [3.05, 3.63) is 33.9 Å². The summed E-state index contributed by atoms with van der Waals surface area (Å²) in [4.78, 5) is 37.5. The van der Waals surface area contributed by atoms with Crippen molar-refractivity contribution in [3.8, 4) is 0 Å². The van der Waals surface area contributed by atoms with E-state index in [1.165, 1.54) is 38.5 Å². The molecule has 1 rings (SSSR count). The molecule has 0 radical (unpaired) electrons. The first-order chi connectivity index (χ1) is 15.0. The minimum Gasteiger partial charge on any atom is -0.289 e. The Balaban J connectivity index is 2.41. The van der Waals surface area contributed by atoms with E-state index in [1.807, 2.05) is 6.92 Å². The Hall–Kier alpha value is -1.77. The third kappa shape index (κ3) is 9.00. The lowest BCUT2D eigenvalue weighted by Crippen LogP contribution is -2.24. The first kappa shape index (κ1) is 28.3. The van der Waals surface area contributed by atoms with Crippen LogP contribution in [-0.2, 0) is 14.4 Å². The minimum atomic E-state index is -0.329. The molecule has 180 valence electrons. The van der Waals surface area contributed by atoms with Gasteiger partial charge in [0.2, 0.25) is 0 Å². The monoisotopic (exact) mass is 442 g/mol. The fourth-order valence-corrected chi connectivity index (χ4v) is 4.47. The van der Waals surface area contributed by atoms with E-state index in [0.717, 1.165) is 36.7 Å². The smallest absolute Gasteiger partial charge is 0.193 e. The molecule has 2 atom stereocenters. The number of hydrogen-bond donors (Lipinski definition) is 0. The Labute approximate surface area is 196 Å². The summed E-state index contributed by atoms with van der Waals surface area (Å²) >= 11 is 0. The standard InChI is InChI=1S/C29H46O3/c1-19(2)12-9-13-20(3)14-10-15-21(4)16-11-17-22(5)18-26(30)27-25(8)28(31)23(6)24(7)29(27)32/h18-21H,9-17H2,1-8H3. The molecule has 1 aliphatic carbocycles. The van der Waals surface area contributed by atoms with E-state index >= 15 is 0 Å². The zero-order valence-electron chi connectivity index (χ0n) is 21.9. The molecule has 0 bridgehead atoms. The van der Waals surface area contributed by atoms with Crippen LogP contribution in [0, 0.1) is 17.8 Å². The molecule has 32 heavy (non-hydrogen) atoms. The molecule has 0 aliphatic heterocycles. The highest BCUT2D eigenvalue weighted by Crippen LogP contribution is 2.26. The van der Waals surface area contributed by atoms with Crippen molar-refractivity contribution in [2.45, 2.75) is 113 Å². The molecule has 0 aromatic carbocycles. The molecular formula is C29H46O3. The molecule has 1 aliphatic rings. The van der Waals surface area contributed by atoms with Gasteiger partial charge in [0.05, 0.1) is 5.57 Å². The van der Waals surface area contributed by atoms with Gasteiger partial charge < -0.3 is 0 Å². The third-order valence-corrected chi connectivity index (χ3v) is 6.95. The van der Waals surface area contributed by atoms with Crippen molar-refractivity contribution in [3.63, 3.8) is 0 Å². The summed E-state index contributed by atoms with van der Waals surface area (Å²) in [6, 6.07) is 0. The molecule has 0 saturated heterocycles. The number of hydrogen-bond acceptors (Lipinski definition) is 3. The highest BCUT2D eigenvalue weighted by molar-refractivity contribution is 6.37. The van der Waals surface area contributed by atoms with Crippen molar-refractivity contribution in [1.82, 2.24) is 0 Å². The van der Waals surface area contributed by atoms with Gasteiger partial charge in [-0.25, -0.2) is 0 Å². The molecule has 0 fully saturated rings. The Morgan fingerprint density at radius 3 is 1.72 bits per heavy atom. The predicted molar refractivity (Wildman–Crippen MR) is 135 cm³/mol. The van der Waals surface area contributed by atoms with Gasteiger partial charge >= 0.3 is 0 Å². The van der Waals surface area contributed by atoms with Crippen molar-refractivity contribution in [2.24, 2.45) is 17.8 Å². The van der Waals surface area contributed by atoms with Crippen LogP contribution in [0.3, 0.4) is 0 Å². The number of allylic oxidation sites excluding steroid dienone is 6. The van der Waals surface area contributed by atoms with E-state index in [1.54, 1.807) is 26.8 Å². The number of carbonyl (C=O) groups is 3. The van der Waals surface area contributed by atoms with Gasteiger partial charge in [-0.2, -0.15) is 0 Å². The van der Waals surface area contributed by atoms with Crippen LogP contribution < -0.4 is 0 Å². The van der Waals surface area contributed by atoms with E-state index < -0.39 is 0 Å². The molecule has 2 unspecified atom stereocenters. The van der Waals surface area contributed by atoms with Crippen LogP contribution >= 0.6 is 0 Å². The third-order valence-electron chi connectivity index (χ3n) is 6.95.